The van der Waals surface area contributed by atoms with Gasteiger partial charge in [-0.25, -0.2) is 4.79 Å². The number of hydrogen-bond acceptors (Lipinski definition) is 6. The second-order valence-corrected chi connectivity index (χ2v) is 13.4. The molecule has 0 fully saturated rings. The van der Waals surface area contributed by atoms with Crippen LogP contribution in [0.2, 0.25) is 0 Å². The van der Waals surface area contributed by atoms with Crippen molar-refractivity contribution < 1.29 is 29.0 Å². The zero-order valence-electron chi connectivity index (χ0n) is 25.5. The van der Waals surface area contributed by atoms with Crippen molar-refractivity contribution >= 4 is 17.5 Å². The van der Waals surface area contributed by atoms with Gasteiger partial charge in [-0.15, -0.1) is 0 Å². The summed E-state index contributed by atoms with van der Waals surface area (Å²) >= 11 is 0. The number of carbonyl (C=O) groups excluding carboxylic acids is 2. The van der Waals surface area contributed by atoms with E-state index in [9.17, 15) is 14.4 Å². The SMILES string of the molecule is CCCN1C2=C(C(=O)CC(C)(C)C2)C(c2ccc(OCc3ccc(C(=O)O)cc3)c(OC)c2)C2=C1CC(C)(C)CC2=O. The highest BCUT2D eigenvalue weighted by Crippen LogP contribution is 2.55. The zero-order valence-corrected chi connectivity index (χ0v) is 25.5. The molecule has 2 aromatic carbocycles. The van der Waals surface area contributed by atoms with Crippen LogP contribution < -0.4 is 9.47 Å². The van der Waals surface area contributed by atoms with Crippen LogP contribution >= 0.6 is 0 Å². The Balaban J connectivity index is 1.57. The molecule has 0 saturated carbocycles. The molecule has 0 bridgehead atoms. The number of hydrogen-bond donors (Lipinski definition) is 1. The van der Waals surface area contributed by atoms with Gasteiger partial charge in [0, 0.05) is 47.8 Å². The van der Waals surface area contributed by atoms with E-state index < -0.39 is 11.9 Å². The maximum atomic E-state index is 13.9. The number of benzene rings is 2. The molecule has 1 aliphatic heterocycles. The summed E-state index contributed by atoms with van der Waals surface area (Å²) in [6.07, 6.45) is 3.39. The molecule has 7 heteroatoms. The number of ketones is 2. The summed E-state index contributed by atoms with van der Waals surface area (Å²) < 4.78 is 11.8. The Morgan fingerprint density at radius 2 is 1.45 bits per heavy atom. The van der Waals surface area contributed by atoms with E-state index in [1.165, 1.54) is 0 Å². The van der Waals surface area contributed by atoms with Crippen LogP contribution in [0.15, 0.2) is 65.0 Å². The van der Waals surface area contributed by atoms with Gasteiger partial charge in [0.2, 0.25) is 0 Å². The number of allylic oxidation sites excluding steroid dienone is 4. The number of carboxylic acid groups (broad SMARTS) is 1. The monoisotopic (exact) mass is 571 g/mol. The van der Waals surface area contributed by atoms with Crippen LogP contribution in [0.4, 0.5) is 0 Å². The molecule has 3 aliphatic rings. The largest absolute Gasteiger partial charge is 0.493 e. The van der Waals surface area contributed by atoms with Crippen molar-refractivity contribution in [2.75, 3.05) is 13.7 Å². The van der Waals surface area contributed by atoms with E-state index in [1.54, 1.807) is 31.4 Å². The number of methoxy groups -OCH3 is 1. The van der Waals surface area contributed by atoms with Gasteiger partial charge < -0.3 is 19.5 Å². The first-order chi connectivity index (χ1) is 19.8. The van der Waals surface area contributed by atoms with Crippen molar-refractivity contribution in [3.63, 3.8) is 0 Å². The highest BCUT2D eigenvalue weighted by molar-refractivity contribution is 6.06. The Morgan fingerprint density at radius 1 is 0.881 bits per heavy atom. The van der Waals surface area contributed by atoms with Crippen molar-refractivity contribution in [3.8, 4) is 11.5 Å². The Hall–Kier alpha value is -3.87. The van der Waals surface area contributed by atoms with Crippen LogP contribution in [0.5, 0.6) is 11.5 Å². The molecule has 0 saturated heterocycles. The summed E-state index contributed by atoms with van der Waals surface area (Å²) in [7, 11) is 1.58. The minimum Gasteiger partial charge on any atom is -0.493 e. The molecule has 0 unspecified atom stereocenters. The number of carbonyl (C=O) groups is 3. The van der Waals surface area contributed by atoms with Crippen LogP contribution in [-0.4, -0.2) is 41.2 Å². The lowest BCUT2D eigenvalue weighted by Gasteiger charge is -2.49. The van der Waals surface area contributed by atoms with Crippen molar-refractivity contribution in [1.29, 1.82) is 0 Å². The summed E-state index contributed by atoms with van der Waals surface area (Å²) in [5.74, 6) is -0.148. The summed E-state index contributed by atoms with van der Waals surface area (Å²) in [5.41, 5.74) is 5.22. The molecular formula is C35H41NO6. The number of aromatic carboxylic acids is 1. The first-order valence-corrected chi connectivity index (χ1v) is 14.8. The van der Waals surface area contributed by atoms with Gasteiger partial charge in [-0.05, 0) is 65.5 Å². The van der Waals surface area contributed by atoms with E-state index in [0.29, 0.717) is 24.3 Å². The van der Waals surface area contributed by atoms with Gasteiger partial charge in [0.15, 0.2) is 23.1 Å². The van der Waals surface area contributed by atoms with Crippen molar-refractivity contribution in [3.05, 3.63) is 81.7 Å². The number of rotatable bonds is 8. The average Bonchev–Trinajstić information content (AvgIpc) is 2.91. The number of Topliss-reactive ketones (excluding diaryl/α,β-unsaturated/α-hetero) is 2. The highest BCUT2D eigenvalue weighted by Gasteiger charge is 2.48. The Labute approximate surface area is 248 Å². The third-order valence-electron chi connectivity index (χ3n) is 8.59. The van der Waals surface area contributed by atoms with Gasteiger partial charge in [0.25, 0.3) is 0 Å². The second-order valence-electron chi connectivity index (χ2n) is 13.4. The molecule has 0 atom stereocenters. The van der Waals surface area contributed by atoms with E-state index in [1.807, 2.05) is 18.2 Å². The maximum Gasteiger partial charge on any atom is 0.335 e. The zero-order chi connectivity index (χ0) is 30.4. The fourth-order valence-electron chi connectivity index (χ4n) is 6.76. The summed E-state index contributed by atoms with van der Waals surface area (Å²) in [4.78, 5) is 41.3. The maximum absolute atomic E-state index is 13.9. The molecule has 0 radical (unpaired) electrons. The van der Waals surface area contributed by atoms with Crippen LogP contribution in [0, 0.1) is 10.8 Å². The quantitative estimate of drug-likeness (QED) is 0.362. The topological polar surface area (TPSA) is 93.1 Å². The van der Waals surface area contributed by atoms with Gasteiger partial charge in [0.05, 0.1) is 12.7 Å². The number of nitrogens with zero attached hydrogens (tertiary/aromatic N) is 1. The fraction of sp³-hybridized carbons (Fsp3) is 0.457. The molecule has 0 spiro atoms. The molecular weight excluding hydrogens is 530 g/mol. The number of ether oxygens (including phenoxy) is 2. The lowest BCUT2D eigenvalue weighted by Crippen LogP contribution is -2.44. The molecule has 7 nitrogen and oxygen atoms in total. The molecule has 0 amide bonds. The second kappa shape index (κ2) is 11.1. The fourth-order valence-corrected chi connectivity index (χ4v) is 6.76. The lowest BCUT2D eigenvalue weighted by molar-refractivity contribution is -0.119. The minimum absolute atomic E-state index is 0.112. The van der Waals surface area contributed by atoms with Crippen LogP contribution in [-0.2, 0) is 16.2 Å². The average molecular weight is 572 g/mol. The van der Waals surface area contributed by atoms with Crippen LogP contribution in [0.1, 0.15) is 94.1 Å². The Morgan fingerprint density at radius 3 is 1.95 bits per heavy atom. The van der Waals surface area contributed by atoms with E-state index >= 15 is 0 Å². The molecule has 42 heavy (non-hydrogen) atoms. The van der Waals surface area contributed by atoms with Gasteiger partial charge >= 0.3 is 5.97 Å². The highest BCUT2D eigenvalue weighted by atomic mass is 16.5. The van der Waals surface area contributed by atoms with Gasteiger partial charge in [-0.2, -0.15) is 0 Å². The first kappa shape index (κ1) is 29.6. The predicted octanol–water partition coefficient (Wildman–Crippen LogP) is 7.07. The van der Waals surface area contributed by atoms with Crippen LogP contribution in [0.25, 0.3) is 0 Å². The Bertz CT molecular complexity index is 1440. The molecule has 1 N–H and O–H groups in total. The van der Waals surface area contributed by atoms with E-state index in [-0.39, 0.29) is 34.6 Å². The van der Waals surface area contributed by atoms with E-state index in [2.05, 4.69) is 39.5 Å². The molecule has 222 valence electrons. The van der Waals surface area contributed by atoms with Gasteiger partial charge in [0.1, 0.15) is 6.61 Å². The van der Waals surface area contributed by atoms with E-state index in [4.69, 9.17) is 14.6 Å². The smallest absolute Gasteiger partial charge is 0.335 e. The predicted molar refractivity (Wildman–Crippen MR) is 161 cm³/mol. The molecule has 2 aliphatic carbocycles. The van der Waals surface area contributed by atoms with Gasteiger partial charge in [-0.3, -0.25) is 9.59 Å². The standard InChI is InChI=1S/C35H41NO6/c1-7-14-36-24-16-34(2,3)18-26(37)31(24)30(32-25(36)17-35(4,5)19-27(32)38)23-12-13-28(29(15-23)41-6)42-20-21-8-10-22(11-9-21)33(39)40/h8-13,15,30H,7,14,16-20H2,1-6H3,(H,39,40). The van der Waals surface area contributed by atoms with Crippen LogP contribution in [0.3, 0.4) is 0 Å². The lowest BCUT2D eigenvalue weighted by atomic mass is 9.63. The van der Waals surface area contributed by atoms with Gasteiger partial charge in [-0.1, -0.05) is 52.8 Å². The molecule has 1 heterocycles. The molecule has 5 rings (SSSR count). The minimum atomic E-state index is -0.975. The van der Waals surface area contributed by atoms with Crippen molar-refractivity contribution in [2.24, 2.45) is 10.8 Å². The molecule has 2 aromatic rings. The van der Waals surface area contributed by atoms with Crippen molar-refractivity contribution in [1.82, 2.24) is 4.90 Å². The third kappa shape index (κ3) is 5.61. The third-order valence-corrected chi connectivity index (χ3v) is 8.59. The van der Waals surface area contributed by atoms with Crippen molar-refractivity contribution in [2.45, 2.75) is 79.2 Å². The summed E-state index contributed by atoms with van der Waals surface area (Å²) in [6.45, 7) is 11.8. The summed E-state index contributed by atoms with van der Waals surface area (Å²) in [5, 5.41) is 9.16. The normalized spacial score (nSPS) is 19.9. The molecule has 0 aromatic heterocycles. The first-order valence-electron chi connectivity index (χ1n) is 14.8. The van der Waals surface area contributed by atoms with E-state index in [0.717, 1.165) is 59.5 Å². The Kier molecular flexibility index (Phi) is 7.82. The number of carboxylic acids is 1. The summed E-state index contributed by atoms with van der Waals surface area (Å²) in [6, 6.07) is 12.2.